The van der Waals surface area contributed by atoms with Crippen molar-refractivity contribution in [3.63, 3.8) is 0 Å². The Bertz CT molecular complexity index is 1530. The minimum atomic E-state index is -0.442. The molecule has 1 amide bonds. The third-order valence-electron chi connectivity index (χ3n) is 9.86. The smallest absolute Gasteiger partial charge is 0.410 e. The molecular formula is C37H50N4O4S. The van der Waals surface area contributed by atoms with Crippen LogP contribution in [-0.4, -0.2) is 95.5 Å². The van der Waals surface area contributed by atoms with E-state index in [9.17, 15) is 9.90 Å². The SMILES string of the molecule is Cc1c(OCCCN2CCC3(CC2)CN(C(=O)OC(C)(C)C)C3)cccc1-c1cccc(-c2nc3c(s2)CN(CCO)CC3)c1C. The Morgan fingerprint density at radius 3 is 2.37 bits per heavy atom. The lowest BCUT2D eigenvalue weighted by atomic mass is 9.72. The third-order valence-corrected chi connectivity index (χ3v) is 11.0. The standard InChI is InChI=1S/C37H50N4O4S/c1-26-28(9-6-11-30(26)34-38-31-13-17-40(20-21-42)23-33(31)46-34)29-10-7-12-32(27(29)2)44-22-8-16-39-18-14-37(15-19-39)24-41(25-37)35(43)45-36(3,4)5/h6-7,9-12,42H,8,13-25H2,1-5H3. The number of benzene rings is 2. The molecule has 3 aromatic rings. The number of aliphatic hydroxyl groups is 1. The van der Waals surface area contributed by atoms with E-state index < -0.39 is 5.60 Å². The van der Waals surface area contributed by atoms with Gasteiger partial charge in [-0.15, -0.1) is 11.3 Å². The molecule has 2 saturated heterocycles. The Kier molecular flexibility index (Phi) is 9.76. The summed E-state index contributed by atoms with van der Waals surface area (Å²) < 4.78 is 11.9. The predicted molar refractivity (Wildman–Crippen MR) is 185 cm³/mol. The number of aliphatic hydroxyl groups excluding tert-OH is 1. The van der Waals surface area contributed by atoms with E-state index in [-0.39, 0.29) is 18.1 Å². The van der Waals surface area contributed by atoms with Crippen LogP contribution >= 0.6 is 11.3 Å². The van der Waals surface area contributed by atoms with Crippen LogP contribution in [0, 0.1) is 19.3 Å². The first-order chi connectivity index (χ1) is 22.0. The maximum absolute atomic E-state index is 12.4. The fourth-order valence-electron chi connectivity index (χ4n) is 7.17. The highest BCUT2D eigenvalue weighted by Crippen LogP contribution is 2.41. The van der Waals surface area contributed by atoms with Gasteiger partial charge in [0.2, 0.25) is 0 Å². The summed E-state index contributed by atoms with van der Waals surface area (Å²) in [5.74, 6) is 0.949. The maximum atomic E-state index is 12.4. The molecule has 0 atom stereocenters. The summed E-state index contributed by atoms with van der Waals surface area (Å²) >= 11 is 1.79. The van der Waals surface area contributed by atoms with Crippen LogP contribution in [0.15, 0.2) is 36.4 Å². The van der Waals surface area contributed by atoms with E-state index in [0.29, 0.717) is 6.61 Å². The van der Waals surface area contributed by atoms with Gasteiger partial charge in [0.25, 0.3) is 0 Å². The van der Waals surface area contributed by atoms with Crippen LogP contribution in [0.1, 0.15) is 61.7 Å². The second-order valence-electron chi connectivity index (χ2n) is 14.4. The number of thiazole rings is 1. The molecular weight excluding hydrogens is 596 g/mol. The van der Waals surface area contributed by atoms with Gasteiger partial charge in [0.15, 0.2) is 0 Å². The second kappa shape index (κ2) is 13.6. The van der Waals surface area contributed by atoms with Crippen molar-refractivity contribution >= 4 is 17.4 Å². The highest BCUT2D eigenvalue weighted by atomic mass is 32.1. The van der Waals surface area contributed by atoms with Crippen molar-refractivity contribution in [3.05, 3.63) is 58.1 Å². The molecule has 2 aromatic carbocycles. The number of carbonyl (C=O) groups excluding carboxylic acids is 1. The number of carbonyl (C=O) groups is 1. The summed E-state index contributed by atoms with van der Waals surface area (Å²) in [6, 6.07) is 12.9. The van der Waals surface area contributed by atoms with Crippen LogP contribution in [-0.2, 0) is 17.7 Å². The van der Waals surface area contributed by atoms with Gasteiger partial charge in [-0.1, -0.05) is 30.3 Å². The van der Waals surface area contributed by atoms with Crippen LogP contribution in [0.2, 0.25) is 0 Å². The molecule has 0 aliphatic carbocycles. The number of aromatic nitrogens is 1. The molecule has 3 aliphatic heterocycles. The van der Waals surface area contributed by atoms with Crippen LogP contribution in [0.4, 0.5) is 4.79 Å². The lowest BCUT2D eigenvalue weighted by Gasteiger charge is -2.53. The number of amides is 1. The molecule has 2 fully saturated rings. The first kappa shape index (κ1) is 32.9. The van der Waals surface area contributed by atoms with Crippen molar-refractivity contribution in [1.82, 2.24) is 19.7 Å². The number of likely N-dealkylation sites (tertiary alicyclic amines) is 2. The number of fused-ring (bicyclic) bond motifs is 1. The summed E-state index contributed by atoms with van der Waals surface area (Å²) in [6.45, 7) is 18.4. The Morgan fingerprint density at radius 1 is 0.957 bits per heavy atom. The molecule has 0 unspecified atom stereocenters. The van der Waals surface area contributed by atoms with Crippen molar-refractivity contribution in [2.24, 2.45) is 5.41 Å². The van der Waals surface area contributed by atoms with Crippen molar-refractivity contribution in [3.8, 4) is 27.4 Å². The second-order valence-corrected chi connectivity index (χ2v) is 15.5. The molecule has 6 rings (SSSR count). The average Bonchev–Trinajstić information content (AvgIpc) is 3.42. The minimum Gasteiger partial charge on any atom is -0.493 e. The zero-order chi connectivity index (χ0) is 32.5. The van der Waals surface area contributed by atoms with Crippen LogP contribution < -0.4 is 4.74 Å². The highest BCUT2D eigenvalue weighted by Gasteiger charge is 2.47. The van der Waals surface area contributed by atoms with E-state index in [1.807, 2.05) is 25.7 Å². The summed E-state index contributed by atoms with van der Waals surface area (Å²) in [7, 11) is 0. The molecule has 46 heavy (non-hydrogen) atoms. The van der Waals surface area contributed by atoms with E-state index in [1.165, 1.54) is 38.4 Å². The van der Waals surface area contributed by atoms with Crippen molar-refractivity contribution in [2.75, 3.05) is 59.0 Å². The van der Waals surface area contributed by atoms with Gasteiger partial charge in [-0.3, -0.25) is 4.90 Å². The fourth-order valence-corrected chi connectivity index (χ4v) is 8.41. The van der Waals surface area contributed by atoms with Gasteiger partial charge < -0.3 is 24.4 Å². The molecule has 0 saturated carbocycles. The fraction of sp³-hybridized carbons (Fsp3) is 0.568. The normalized spacial score (nSPS) is 18.3. The van der Waals surface area contributed by atoms with Crippen molar-refractivity contribution < 1.29 is 19.4 Å². The van der Waals surface area contributed by atoms with E-state index >= 15 is 0 Å². The first-order valence-corrected chi connectivity index (χ1v) is 17.7. The molecule has 248 valence electrons. The number of rotatable bonds is 9. The maximum Gasteiger partial charge on any atom is 0.410 e. The number of β-amino-alcohol motifs (C(OH)–C–C–N with tert-alkyl or cyclic N) is 1. The number of hydrogen-bond donors (Lipinski definition) is 1. The van der Waals surface area contributed by atoms with Crippen LogP contribution in [0.5, 0.6) is 5.75 Å². The van der Waals surface area contributed by atoms with E-state index in [4.69, 9.17) is 14.5 Å². The number of piperidine rings is 1. The van der Waals surface area contributed by atoms with Gasteiger partial charge in [0.1, 0.15) is 16.4 Å². The van der Waals surface area contributed by atoms with E-state index in [1.54, 1.807) is 11.3 Å². The molecule has 0 radical (unpaired) electrons. The minimum absolute atomic E-state index is 0.176. The van der Waals surface area contributed by atoms with Gasteiger partial charge in [-0.05, 0) is 95.3 Å². The topological polar surface area (TPSA) is 78.4 Å². The summed E-state index contributed by atoms with van der Waals surface area (Å²) in [5.41, 5.74) is 7.07. The van der Waals surface area contributed by atoms with Crippen molar-refractivity contribution in [2.45, 2.75) is 72.4 Å². The number of nitrogens with zero attached hydrogens (tertiary/aromatic N) is 4. The largest absolute Gasteiger partial charge is 0.493 e. The monoisotopic (exact) mass is 646 g/mol. The lowest BCUT2D eigenvalue weighted by Crippen LogP contribution is -2.62. The highest BCUT2D eigenvalue weighted by molar-refractivity contribution is 7.15. The number of hydrogen-bond acceptors (Lipinski definition) is 8. The Labute approximate surface area is 278 Å². The number of ether oxygens (including phenoxy) is 2. The van der Waals surface area contributed by atoms with E-state index in [0.717, 1.165) is 88.8 Å². The molecule has 3 aliphatic rings. The van der Waals surface area contributed by atoms with Gasteiger partial charge in [0, 0.05) is 61.5 Å². The zero-order valence-corrected chi connectivity index (χ0v) is 29.0. The molecule has 1 aromatic heterocycles. The lowest BCUT2D eigenvalue weighted by molar-refractivity contribution is -0.0594. The summed E-state index contributed by atoms with van der Waals surface area (Å²) in [4.78, 5) is 25.5. The average molecular weight is 647 g/mol. The Hall–Kier alpha value is -2.98. The molecule has 9 heteroatoms. The molecule has 8 nitrogen and oxygen atoms in total. The molecule has 0 bridgehead atoms. The molecule has 1 spiro atoms. The van der Waals surface area contributed by atoms with Gasteiger partial charge >= 0.3 is 6.09 Å². The van der Waals surface area contributed by atoms with Gasteiger partial charge in [-0.25, -0.2) is 9.78 Å². The molecule has 4 heterocycles. The Balaban J connectivity index is 1.01. The summed E-state index contributed by atoms with van der Waals surface area (Å²) in [5, 5.41) is 10.5. The molecule has 1 N–H and O–H groups in total. The van der Waals surface area contributed by atoms with E-state index in [2.05, 4.69) is 60.0 Å². The quantitative estimate of drug-likeness (QED) is 0.265. The van der Waals surface area contributed by atoms with Gasteiger partial charge in [0.05, 0.1) is 18.9 Å². The zero-order valence-electron chi connectivity index (χ0n) is 28.2. The van der Waals surface area contributed by atoms with Gasteiger partial charge in [-0.2, -0.15) is 0 Å². The van der Waals surface area contributed by atoms with Crippen LogP contribution in [0.3, 0.4) is 0 Å². The summed E-state index contributed by atoms with van der Waals surface area (Å²) in [6.07, 6.45) is 4.03. The van der Waals surface area contributed by atoms with Crippen LogP contribution in [0.25, 0.3) is 21.7 Å². The van der Waals surface area contributed by atoms with Crippen molar-refractivity contribution in [1.29, 1.82) is 0 Å². The Morgan fingerprint density at radius 2 is 1.65 bits per heavy atom. The predicted octanol–water partition coefficient (Wildman–Crippen LogP) is 6.55. The third kappa shape index (κ3) is 7.28. The first-order valence-electron chi connectivity index (χ1n) is 16.9.